The fraction of sp³-hybridized carbons (Fsp3) is 0.321. The summed E-state index contributed by atoms with van der Waals surface area (Å²) in [6.07, 6.45) is 3.88. The van der Waals surface area contributed by atoms with E-state index < -0.39 is 22.0 Å². The molecule has 36 heavy (non-hydrogen) atoms. The molecule has 3 aromatic carbocycles. The summed E-state index contributed by atoms with van der Waals surface area (Å²) < 4.78 is 25.1. The SMILES string of the molecule is CCCCc1cc(-c2ccc(CCNC[C@@H](O)c3ccccc3)cc2)ccc1C(=O)NS(C)(=O)=O.Cl. The van der Waals surface area contributed by atoms with Crippen molar-refractivity contribution in [3.05, 3.63) is 95.1 Å². The third kappa shape index (κ3) is 9.06. The average molecular weight is 531 g/mol. The van der Waals surface area contributed by atoms with Crippen molar-refractivity contribution in [3.8, 4) is 11.1 Å². The zero-order valence-electron chi connectivity index (χ0n) is 20.7. The zero-order chi connectivity index (χ0) is 25.3. The molecule has 0 aliphatic carbocycles. The van der Waals surface area contributed by atoms with E-state index in [1.54, 1.807) is 6.07 Å². The number of carbonyl (C=O) groups is 1. The summed E-state index contributed by atoms with van der Waals surface area (Å²) in [7, 11) is -3.62. The molecule has 3 rings (SSSR count). The van der Waals surface area contributed by atoms with Gasteiger partial charge in [-0.3, -0.25) is 4.79 Å². The first-order chi connectivity index (χ1) is 16.8. The molecular formula is C28H35ClN2O4S. The first kappa shape index (κ1) is 29.5. The standard InChI is InChI=1S/C28H34N2O4S.ClH/c1-3-4-8-25-19-24(15-16-26(25)28(32)30-35(2,33)34)22-13-11-21(12-14-22)17-18-29-20-27(31)23-9-6-5-7-10-23;/h5-7,9-16,19,27,29,31H,3-4,8,17-18,20H2,1-2H3,(H,30,32);1H/t27-;/m1./s1. The van der Waals surface area contributed by atoms with Gasteiger partial charge in [-0.2, -0.15) is 0 Å². The third-order valence-corrected chi connectivity index (χ3v) is 6.38. The number of hydrogen-bond acceptors (Lipinski definition) is 5. The van der Waals surface area contributed by atoms with Gasteiger partial charge in [-0.05, 0) is 59.7 Å². The number of amides is 1. The monoisotopic (exact) mass is 530 g/mol. The Hall–Kier alpha value is -2.71. The van der Waals surface area contributed by atoms with Gasteiger partial charge in [0, 0.05) is 12.1 Å². The molecular weight excluding hydrogens is 496 g/mol. The minimum absolute atomic E-state index is 0. The lowest BCUT2D eigenvalue weighted by Gasteiger charge is -2.13. The number of unbranched alkanes of at least 4 members (excludes halogenated alkanes) is 1. The van der Waals surface area contributed by atoms with E-state index in [1.165, 1.54) is 5.56 Å². The largest absolute Gasteiger partial charge is 0.387 e. The molecule has 0 saturated heterocycles. The van der Waals surface area contributed by atoms with Crippen LogP contribution >= 0.6 is 12.4 Å². The second-order valence-corrected chi connectivity index (χ2v) is 10.5. The number of aryl methyl sites for hydroxylation is 1. The molecule has 1 atom stereocenters. The van der Waals surface area contributed by atoms with E-state index in [2.05, 4.69) is 41.2 Å². The average Bonchev–Trinajstić information content (AvgIpc) is 2.85. The maximum Gasteiger partial charge on any atom is 0.264 e. The van der Waals surface area contributed by atoms with Gasteiger partial charge >= 0.3 is 0 Å². The number of nitrogens with one attached hydrogen (secondary N) is 2. The van der Waals surface area contributed by atoms with Crippen molar-refractivity contribution in [1.29, 1.82) is 0 Å². The summed E-state index contributed by atoms with van der Waals surface area (Å²) in [6, 6.07) is 23.4. The Bertz CT molecular complexity index is 1220. The quantitative estimate of drug-likeness (QED) is 0.296. The Morgan fingerprint density at radius 1 is 0.944 bits per heavy atom. The number of benzene rings is 3. The molecule has 0 saturated carbocycles. The fourth-order valence-corrected chi connectivity index (χ4v) is 4.37. The molecule has 0 fully saturated rings. The molecule has 0 bridgehead atoms. The fourth-order valence-electron chi connectivity index (χ4n) is 3.92. The van der Waals surface area contributed by atoms with Crippen LogP contribution in [0.5, 0.6) is 0 Å². The lowest BCUT2D eigenvalue weighted by molar-refractivity contribution is 0.0980. The highest BCUT2D eigenvalue weighted by atomic mass is 35.5. The van der Waals surface area contributed by atoms with Crippen LogP contribution < -0.4 is 10.0 Å². The van der Waals surface area contributed by atoms with Crippen molar-refractivity contribution in [2.45, 2.75) is 38.7 Å². The van der Waals surface area contributed by atoms with Crippen LogP contribution in [0.25, 0.3) is 11.1 Å². The van der Waals surface area contributed by atoms with E-state index in [0.29, 0.717) is 18.5 Å². The van der Waals surface area contributed by atoms with E-state index in [4.69, 9.17) is 0 Å². The highest BCUT2D eigenvalue weighted by Gasteiger charge is 2.16. The van der Waals surface area contributed by atoms with Crippen molar-refractivity contribution in [2.75, 3.05) is 19.3 Å². The highest BCUT2D eigenvalue weighted by Crippen LogP contribution is 2.25. The summed E-state index contributed by atoms with van der Waals surface area (Å²) in [6.45, 7) is 3.34. The van der Waals surface area contributed by atoms with Crippen LogP contribution in [0.2, 0.25) is 0 Å². The molecule has 3 N–H and O–H groups in total. The maximum absolute atomic E-state index is 12.5. The van der Waals surface area contributed by atoms with Crippen molar-refractivity contribution in [1.82, 2.24) is 10.0 Å². The summed E-state index contributed by atoms with van der Waals surface area (Å²) >= 11 is 0. The Morgan fingerprint density at radius 3 is 2.25 bits per heavy atom. The zero-order valence-corrected chi connectivity index (χ0v) is 22.4. The minimum atomic E-state index is -3.62. The van der Waals surface area contributed by atoms with Gasteiger partial charge in [0.2, 0.25) is 10.0 Å². The summed E-state index contributed by atoms with van der Waals surface area (Å²) in [5, 5.41) is 13.6. The van der Waals surface area contributed by atoms with Gasteiger partial charge in [-0.25, -0.2) is 13.1 Å². The van der Waals surface area contributed by atoms with Crippen molar-refractivity contribution >= 4 is 28.3 Å². The van der Waals surface area contributed by atoms with Gasteiger partial charge in [-0.15, -0.1) is 12.4 Å². The number of aliphatic hydroxyl groups excluding tert-OH is 1. The molecule has 0 aromatic heterocycles. The van der Waals surface area contributed by atoms with Crippen LogP contribution in [0.4, 0.5) is 0 Å². The molecule has 0 heterocycles. The second-order valence-electron chi connectivity index (χ2n) is 8.76. The number of sulfonamides is 1. The van der Waals surface area contributed by atoms with E-state index >= 15 is 0 Å². The van der Waals surface area contributed by atoms with Crippen molar-refractivity contribution < 1.29 is 18.3 Å². The van der Waals surface area contributed by atoms with Crippen LogP contribution in [0.3, 0.4) is 0 Å². The van der Waals surface area contributed by atoms with Gasteiger partial charge in [0.05, 0.1) is 12.4 Å². The number of aliphatic hydroxyl groups is 1. The predicted octanol–water partition coefficient (Wildman–Crippen LogP) is 4.67. The molecule has 0 radical (unpaired) electrons. The van der Waals surface area contributed by atoms with Crippen LogP contribution in [0.1, 0.15) is 52.9 Å². The van der Waals surface area contributed by atoms with Crippen molar-refractivity contribution in [2.24, 2.45) is 0 Å². The summed E-state index contributed by atoms with van der Waals surface area (Å²) in [5.74, 6) is -0.592. The normalized spacial score (nSPS) is 12.0. The third-order valence-electron chi connectivity index (χ3n) is 5.83. The predicted molar refractivity (Wildman–Crippen MR) is 148 cm³/mol. The maximum atomic E-state index is 12.5. The Morgan fingerprint density at radius 2 is 1.61 bits per heavy atom. The van der Waals surface area contributed by atoms with E-state index in [-0.39, 0.29) is 12.4 Å². The molecule has 1 amide bonds. The molecule has 0 unspecified atom stereocenters. The second kappa shape index (κ2) is 14.1. The molecule has 194 valence electrons. The highest BCUT2D eigenvalue weighted by molar-refractivity contribution is 7.89. The van der Waals surface area contributed by atoms with Crippen LogP contribution in [-0.2, 0) is 22.9 Å². The first-order valence-corrected chi connectivity index (χ1v) is 13.8. The van der Waals surface area contributed by atoms with Crippen molar-refractivity contribution in [3.63, 3.8) is 0 Å². The topological polar surface area (TPSA) is 95.5 Å². The van der Waals surface area contributed by atoms with E-state index in [0.717, 1.165) is 54.3 Å². The van der Waals surface area contributed by atoms with E-state index in [9.17, 15) is 18.3 Å². The van der Waals surface area contributed by atoms with Gasteiger partial charge in [0.15, 0.2) is 0 Å². The summed E-state index contributed by atoms with van der Waals surface area (Å²) in [4.78, 5) is 12.5. The smallest absolute Gasteiger partial charge is 0.264 e. The lowest BCUT2D eigenvalue weighted by atomic mass is 9.95. The number of rotatable bonds is 12. The van der Waals surface area contributed by atoms with Gasteiger partial charge in [0.1, 0.15) is 0 Å². The minimum Gasteiger partial charge on any atom is -0.387 e. The number of hydrogen-bond donors (Lipinski definition) is 3. The van der Waals surface area contributed by atoms with E-state index in [1.807, 2.05) is 42.5 Å². The summed E-state index contributed by atoms with van der Waals surface area (Å²) in [5.41, 5.74) is 5.36. The van der Waals surface area contributed by atoms with Crippen LogP contribution in [0.15, 0.2) is 72.8 Å². The van der Waals surface area contributed by atoms with Crippen LogP contribution in [-0.4, -0.2) is 38.8 Å². The molecule has 0 spiro atoms. The molecule has 0 aliphatic heterocycles. The van der Waals surface area contributed by atoms with Gasteiger partial charge in [0.25, 0.3) is 5.91 Å². The van der Waals surface area contributed by atoms with Gasteiger partial charge < -0.3 is 10.4 Å². The molecule has 0 aliphatic rings. The molecule has 6 nitrogen and oxygen atoms in total. The Labute approximate surface area is 220 Å². The molecule has 8 heteroatoms. The Kier molecular flexibility index (Phi) is 11.6. The number of halogens is 1. The lowest BCUT2D eigenvalue weighted by Crippen LogP contribution is -2.30. The van der Waals surface area contributed by atoms with Crippen LogP contribution in [0, 0.1) is 0 Å². The first-order valence-electron chi connectivity index (χ1n) is 11.9. The van der Waals surface area contributed by atoms with Gasteiger partial charge in [-0.1, -0.05) is 80.1 Å². The molecule has 3 aromatic rings. The Balaban J connectivity index is 0.00000456. The number of carbonyl (C=O) groups excluding carboxylic acids is 1.